The van der Waals surface area contributed by atoms with Crippen molar-refractivity contribution in [2.45, 2.75) is 13.0 Å². The van der Waals surface area contributed by atoms with Crippen LogP contribution in [0.1, 0.15) is 5.56 Å². The fourth-order valence-electron chi connectivity index (χ4n) is 3.16. The molecule has 10 heteroatoms. The number of aliphatic hydroxyl groups is 1. The van der Waals surface area contributed by atoms with Gasteiger partial charge in [-0.2, -0.15) is 0 Å². The zero-order valence-electron chi connectivity index (χ0n) is 15.4. The summed E-state index contributed by atoms with van der Waals surface area (Å²) in [6, 6.07) is 4.11. The number of carboxylic acid groups (broad SMARTS) is 1. The molecular weight excluding hydrogens is 376 g/mol. The highest BCUT2D eigenvalue weighted by Crippen LogP contribution is 2.27. The summed E-state index contributed by atoms with van der Waals surface area (Å²) >= 11 is 0. The molecule has 0 saturated heterocycles. The van der Waals surface area contributed by atoms with Gasteiger partial charge in [0.15, 0.2) is 0 Å². The van der Waals surface area contributed by atoms with E-state index >= 15 is 0 Å². The molecule has 0 fully saturated rings. The Morgan fingerprint density at radius 3 is 2.90 bits per heavy atom. The largest absolute Gasteiger partial charge is 0.480 e. The molecule has 1 unspecified atom stereocenters. The summed E-state index contributed by atoms with van der Waals surface area (Å²) in [7, 11) is 0. The van der Waals surface area contributed by atoms with Gasteiger partial charge in [0, 0.05) is 24.3 Å². The third-order valence-electron chi connectivity index (χ3n) is 4.57. The van der Waals surface area contributed by atoms with Gasteiger partial charge in [-0.1, -0.05) is 0 Å². The number of rotatable bonds is 6. The van der Waals surface area contributed by atoms with Crippen LogP contribution in [0.25, 0.3) is 28.1 Å². The zero-order chi connectivity index (χ0) is 20.5. The van der Waals surface area contributed by atoms with Crippen molar-refractivity contribution < 1.29 is 15.0 Å². The molecule has 3 heterocycles. The lowest BCUT2D eigenvalue weighted by atomic mass is 10.2. The molecule has 5 N–H and O–H groups in total. The molecule has 148 valence electrons. The van der Waals surface area contributed by atoms with Gasteiger partial charge >= 0.3 is 5.97 Å². The molecule has 0 aliphatic heterocycles. The molecule has 0 radical (unpaired) electrons. The Balaban J connectivity index is 1.84. The fraction of sp³-hybridized carbons (Fsp3) is 0.158. The van der Waals surface area contributed by atoms with Crippen LogP contribution in [0.2, 0.25) is 0 Å². The first kappa shape index (κ1) is 18.4. The Bertz CT molecular complexity index is 1240. The smallest absolute Gasteiger partial charge is 0.328 e. The van der Waals surface area contributed by atoms with Crippen LogP contribution < -0.4 is 10.9 Å². The number of carbonyl (C=O) groups is 1. The number of imidazole rings is 2. The lowest BCUT2D eigenvalue weighted by Crippen LogP contribution is -2.33. The third-order valence-corrected chi connectivity index (χ3v) is 4.57. The number of pyridine rings is 1. The number of fused-ring (bicyclic) bond motifs is 1. The zero-order valence-corrected chi connectivity index (χ0v) is 15.4. The molecule has 0 amide bonds. The summed E-state index contributed by atoms with van der Waals surface area (Å²) in [4.78, 5) is 38.1. The molecular formula is C19H18N6O4. The number of nitrogens with one attached hydrogen (secondary N) is 3. The molecule has 1 aromatic carbocycles. The average molecular weight is 394 g/mol. The Morgan fingerprint density at radius 2 is 2.21 bits per heavy atom. The monoisotopic (exact) mass is 394 g/mol. The molecule has 29 heavy (non-hydrogen) atoms. The third kappa shape index (κ3) is 3.36. The van der Waals surface area contributed by atoms with E-state index in [9.17, 15) is 19.8 Å². The van der Waals surface area contributed by atoms with Crippen molar-refractivity contribution in [2.75, 3.05) is 11.9 Å². The molecule has 0 saturated carbocycles. The molecule has 0 aliphatic rings. The highest BCUT2D eigenvalue weighted by molar-refractivity contribution is 5.87. The van der Waals surface area contributed by atoms with Crippen molar-refractivity contribution in [3.63, 3.8) is 0 Å². The SMILES string of the molecule is Cc1cc(-n2ccnc2)cc2[nH]c(-c3c(NC(CO)C(=O)O)cc[nH]c3=O)nc12. The second kappa shape index (κ2) is 7.24. The fourth-order valence-corrected chi connectivity index (χ4v) is 3.16. The lowest BCUT2D eigenvalue weighted by molar-refractivity contribution is -0.138. The number of hydrogen-bond acceptors (Lipinski definition) is 6. The Morgan fingerprint density at radius 1 is 1.38 bits per heavy atom. The number of H-pyrrole nitrogens is 2. The van der Waals surface area contributed by atoms with Crippen LogP contribution in [0.4, 0.5) is 5.69 Å². The molecule has 4 aromatic rings. The van der Waals surface area contributed by atoms with Crippen LogP contribution in [0.3, 0.4) is 0 Å². The van der Waals surface area contributed by atoms with Crippen molar-refractivity contribution in [3.8, 4) is 17.1 Å². The van der Waals surface area contributed by atoms with Crippen LogP contribution >= 0.6 is 0 Å². The number of aliphatic hydroxyl groups excluding tert-OH is 1. The van der Waals surface area contributed by atoms with E-state index in [1.807, 2.05) is 29.8 Å². The van der Waals surface area contributed by atoms with E-state index in [-0.39, 0.29) is 17.1 Å². The van der Waals surface area contributed by atoms with E-state index < -0.39 is 24.2 Å². The molecule has 4 rings (SSSR count). The molecule has 0 spiro atoms. The maximum absolute atomic E-state index is 12.5. The molecule has 1 atom stereocenters. The summed E-state index contributed by atoms with van der Waals surface area (Å²) in [5, 5.41) is 21.2. The quantitative estimate of drug-likeness (QED) is 0.331. The van der Waals surface area contributed by atoms with Crippen LogP contribution in [0, 0.1) is 6.92 Å². The second-order valence-electron chi connectivity index (χ2n) is 6.53. The summed E-state index contributed by atoms with van der Waals surface area (Å²) in [5.41, 5.74) is 3.16. The molecule has 10 nitrogen and oxygen atoms in total. The van der Waals surface area contributed by atoms with Crippen molar-refractivity contribution in [1.82, 2.24) is 24.5 Å². The number of hydrogen-bond donors (Lipinski definition) is 5. The number of carboxylic acids is 1. The van der Waals surface area contributed by atoms with Gasteiger partial charge in [-0.05, 0) is 30.7 Å². The van der Waals surface area contributed by atoms with E-state index in [0.29, 0.717) is 5.52 Å². The summed E-state index contributed by atoms with van der Waals surface area (Å²) in [6.45, 7) is 1.28. The maximum Gasteiger partial charge on any atom is 0.328 e. The normalized spacial score (nSPS) is 12.2. The number of aryl methyl sites for hydroxylation is 1. The number of aromatic amines is 2. The van der Waals surface area contributed by atoms with Gasteiger partial charge in [-0.3, -0.25) is 4.79 Å². The van der Waals surface area contributed by atoms with Crippen molar-refractivity contribution >= 4 is 22.7 Å². The standard InChI is InChI=1S/C19H18N6O4/c1-10-6-11(25-5-4-20-9-25)7-13-16(10)24-17(23-13)15-12(2-3-21-18(15)27)22-14(8-26)19(28)29/h2-7,9,14,26H,8H2,1H3,(H,23,24)(H,28,29)(H2,21,22,27). The summed E-state index contributed by atoms with van der Waals surface area (Å²) < 4.78 is 1.86. The Labute approximate surface area is 163 Å². The van der Waals surface area contributed by atoms with Gasteiger partial charge in [-0.25, -0.2) is 14.8 Å². The lowest BCUT2D eigenvalue weighted by Gasteiger charge is -2.14. The first-order valence-corrected chi connectivity index (χ1v) is 8.79. The van der Waals surface area contributed by atoms with Gasteiger partial charge in [0.25, 0.3) is 5.56 Å². The number of nitrogens with zero attached hydrogens (tertiary/aromatic N) is 3. The number of aliphatic carboxylic acids is 1. The van der Waals surface area contributed by atoms with E-state index in [0.717, 1.165) is 16.8 Å². The number of anilines is 1. The predicted octanol–water partition coefficient (Wildman–Crippen LogP) is 1.27. The first-order valence-electron chi connectivity index (χ1n) is 8.79. The second-order valence-corrected chi connectivity index (χ2v) is 6.53. The van der Waals surface area contributed by atoms with Gasteiger partial charge in [0.05, 0.1) is 29.7 Å². The van der Waals surface area contributed by atoms with Crippen LogP contribution in [-0.2, 0) is 4.79 Å². The van der Waals surface area contributed by atoms with Crippen LogP contribution in [0.15, 0.2) is 47.9 Å². The van der Waals surface area contributed by atoms with Crippen molar-refractivity contribution in [2.24, 2.45) is 0 Å². The minimum atomic E-state index is -1.26. The van der Waals surface area contributed by atoms with Crippen molar-refractivity contribution in [1.29, 1.82) is 0 Å². The molecule has 0 bridgehead atoms. The average Bonchev–Trinajstić information content (AvgIpc) is 3.35. The first-order chi connectivity index (χ1) is 14.0. The van der Waals surface area contributed by atoms with E-state index in [2.05, 4.69) is 25.3 Å². The minimum absolute atomic E-state index is 0.159. The van der Waals surface area contributed by atoms with Crippen LogP contribution in [0.5, 0.6) is 0 Å². The van der Waals surface area contributed by atoms with Gasteiger partial charge < -0.3 is 30.1 Å². The van der Waals surface area contributed by atoms with E-state index in [1.165, 1.54) is 12.3 Å². The van der Waals surface area contributed by atoms with Gasteiger partial charge in [0.2, 0.25) is 0 Å². The van der Waals surface area contributed by atoms with Crippen LogP contribution in [-0.4, -0.2) is 53.3 Å². The number of benzene rings is 1. The topological polar surface area (TPSA) is 149 Å². The highest BCUT2D eigenvalue weighted by atomic mass is 16.4. The Kier molecular flexibility index (Phi) is 4.61. The Hall–Kier alpha value is -3.92. The summed E-state index contributed by atoms with van der Waals surface area (Å²) in [6.07, 6.45) is 6.58. The highest BCUT2D eigenvalue weighted by Gasteiger charge is 2.21. The molecule has 0 aliphatic carbocycles. The summed E-state index contributed by atoms with van der Waals surface area (Å²) in [5.74, 6) is -0.943. The number of aromatic nitrogens is 5. The van der Waals surface area contributed by atoms with E-state index in [1.54, 1.807) is 12.5 Å². The predicted molar refractivity (Wildman–Crippen MR) is 106 cm³/mol. The maximum atomic E-state index is 12.5. The van der Waals surface area contributed by atoms with Gasteiger partial charge in [-0.15, -0.1) is 0 Å². The van der Waals surface area contributed by atoms with Crippen molar-refractivity contribution in [3.05, 3.63) is 59.0 Å². The molecule has 3 aromatic heterocycles. The van der Waals surface area contributed by atoms with E-state index in [4.69, 9.17) is 0 Å². The van der Waals surface area contributed by atoms with Gasteiger partial charge in [0.1, 0.15) is 17.4 Å². The minimum Gasteiger partial charge on any atom is -0.480 e.